The summed E-state index contributed by atoms with van der Waals surface area (Å²) in [7, 11) is 0. The van der Waals surface area contributed by atoms with Crippen molar-refractivity contribution in [2.24, 2.45) is 5.92 Å². The van der Waals surface area contributed by atoms with Crippen molar-refractivity contribution in [3.8, 4) is 0 Å². The van der Waals surface area contributed by atoms with Crippen LogP contribution in [-0.4, -0.2) is 49.1 Å². The minimum absolute atomic E-state index is 0.0650. The summed E-state index contributed by atoms with van der Waals surface area (Å²) >= 11 is 0. The zero-order valence-corrected chi connectivity index (χ0v) is 13.2. The highest BCUT2D eigenvalue weighted by Crippen LogP contribution is 2.25. The van der Waals surface area contributed by atoms with Crippen molar-refractivity contribution in [2.75, 3.05) is 26.4 Å². The molecule has 20 heavy (non-hydrogen) atoms. The molecule has 0 bridgehead atoms. The van der Waals surface area contributed by atoms with E-state index in [0.29, 0.717) is 26.1 Å². The Bertz CT molecular complexity index is 304. The number of hydrogen-bond acceptors (Lipinski definition) is 3. The SMILES string of the molecule is CCCCO[C@@H]1CN(C(=O)OC(C)(C)C)C[C@H]1CCF. The predicted molar refractivity (Wildman–Crippen MR) is 76.5 cm³/mol. The van der Waals surface area contributed by atoms with E-state index in [2.05, 4.69) is 6.92 Å². The maximum Gasteiger partial charge on any atom is 0.410 e. The van der Waals surface area contributed by atoms with Gasteiger partial charge >= 0.3 is 6.09 Å². The molecular weight excluding hydrogens is 261 g/mol. The Morgan fingerprint density at radius 1 is 1.35 bits per heavy atom. The van der Waals surface area contributed by atoms with Crippen molar-refractivity contribution in [3.05, 3.63) is 0 Å². The molecule has 0 aliphatic carbocycles. The van der Waals surface area contributed by atoms with Crippen LogP contribution in [0.3, 0.4) is 0 Å². The lowest BCUT2D eigenvalue weighted by molar-refractivity contribution is 0.0164. The lowest BCUT2D eigenvalue weighted by Crippen LogP contribution is -2.36. The Balaban J connectivity index is 2.53. The number of hydrogen-bond donors (Lipinski definition) is 0. The van der Waals surface area contributed by atoms with E-state index in [9.17, 15) is 9.18 Å². The number of ether oxygens (including phenoxy) is 2. The van der Waals surface area contributed by atoms with Crippen LogP contribution in [-0.2, 0) is 9.47 Å². The number of carbonyl (C=O) groups is 1. The van der Waals surface area contributed by atoms with Crippen LogP contribution >= 0.6 is 0 Å². The smallest absolute Gasteiger partial charge is 0.410 e. The number of amides is 1. The van der Waals surface area contributed by atoms with E-state index in [0.717, 1.165) is 12.8 Å². The van der Waals surface area contributed by atoms with Crippen molar-refractivity contribution in [3.63, 3.8) is 0 Å². The molecule has 1 rings (SSSR count). The molecule has 0 N–H and O–H groups in total. The first-order valence-corrected chi connectivity index (χ1v) is 7.53. The van der Waals surface area contributed by atoms with E-state index in [4.69, 9.17) is 9.47 Å². The zero-order chi connectivity index (χ0) is 15.2. The van der Waals surface area contributed by atoms with Gasteiger partial charge in [0.05, 0.1) is 19.3 Å². The Morgan fingerprint density at radius 3 is 2.60 bits per heavy atom. The van der Waals surface area contributed by atoms with Crippen LogP contribution in [0.4, 0.5) is 9.18 Å². The van der Waals surface area contributed by atoms with Gasteiger partial charge in [-0.2, -0.15) is 0 Å². The van der Waals surface area contributed by atoms with Gasteiger partial charge in [-0.3, -0.25) is 4.39 Å². The van der Waals surface area contributed by atoms with E-state index in [1.165, 1.54) is 0 Å². The lowest BCUT2D eigenvalue weighted by atomic mass is 10.0. The zero-order valence-electron chi connectivity index (χ0n) is 13.2. The van der Waals surface area contributed by atoms with E-state index < -0.39 is 5.60 Å². The maximum atomic E-state index is 12.6. The molecule has 0 aromatic rings. The van der Waals surface area contributed by atoms with Gasteiger partial charge in [-0.05, 0) is 33.6 Å². The minimum Gasteiger partial charge on any atom is -0.444 e. The second-order valence-electron chi connectivity index (χ2n) is 6.39. The van der Waals surface area contributed by atoms with Crippen LogP contribution in [0.25, 0.3) is 0 Å². The summed E-state index contributed by atoms with van der Waals surface area (Å²) in [6.45, 7) is 8.95. The largest absolute Gasteiger partial charge is 0.444 e. The number of nitrogens with zero attached hydrogens (tertiary/aromatic N) is 1. The highest BCUT2D eigenvalue weighted by molar-refractivity contribution is 5.68. The quantitative estimate of drug-likeness (QED) is 0.703. The third-order valence-electron chi connectivity index (χ3n) is 3.34. The standard InChI is InChI=1S/C15H28FNO3/c1-5-6-9-19-13-11-17(10-12(13)7-8-16)14(18)20-15(2,3)4/h12-13H,5-11H2,1-4H3/t12-,13-/m1/s1. The van der Waals surface area contributed by atoms with Crippen molar-refractivity contribution < 1.29 is 18.7 Å². The van der Waals surface area contributed by atoms with Gasteiger partial charge in [0.25, 0.3) is 0 Å². The molecule has 1 saturated heterocycles. The molecule has 0 radical (unpaired) electrons. The molecule has 1 fully saturated rings. The van der Waals surface area contributed by atoms with Gasteiger partial charge in [-0.25, -0.2) is 4.79 Å². The van der Waals surface area contributed by atoms with Crippen LogP contribution < -0.4 is 0 Å². The summed E-state index contributed by atoms with van der Waals surface area (Å²) in [5.74, 6) is 0.0735. The summed E-state index contributed by atoms with van der Waals surface area (Å²) in [6, 6.07) is 0. The summed E-state index contributed by atoms with van der Waals surface area (Å²) < 4.78 is 23.8. The summed E-state index contributed by atoms with van der Waals surface area (Å²) in [5.41, 5.74) is -0.506. The van der Waals surface area contributed by atoms with Crippen molar-refractivity contribution in [1.82, 2.24) is 4.90 Å². The number of alkyl halides is 1. The molecule has 2 atom stereocenters. The molecule has 0 aromatic carbocycles. The molecule has 1 amide bonds. The van der Waals surface area contributed by atoms with E-state index >= 15 is 0 Å². The molecule has 0 aromatic heterocycles. The van der Waals surface area contributed by atoms with Gasteiger partial charge in [0, 0.05) is 19.1 Å². The number of unbranched alkanes of at least 4 members (excludes halogenated alkanes) is 1. The van der Waals surface area contributed by atoms with Gasteiger partial charge in [-0.15, -0.1) is 0 Å². The van der Waals surface area contributed by atoms with Crippen LogP contribution in [0, 0.1) is 5.92 Å². The van der Waals surface area contributed by atoms with Crippen LogP contribution in [0.5, 0.6) is 0 Å². The van der Waals surface area contributed by atoms with Crippen LogP contribution in [0.15, 0.2) is 0 Å². The molecule has 1 aliphatic heterocycles. The number of rotatable bonds is 6. The first-order valence-electron chi connectivity index (χ1n) is 7.53. The van der Waals surface area contributed by atoms with Crippen molar-refractivity contribution in [1.29, 1.82) is 0 Å². The summed E-state index contributed by atoms with van der Waals surface area (Å²) in [6.07, 6.45) is 2.10. The first-order chi connectivity index (χ1) is 9.37. The summed E-state index contributed by atoms with van der Waals surface area (Å²) in [4.78, 5) is 13.7. The molecule has 0 spiro atoms. The molecule has 0 saturated carbocycles. The fourth-order valence-electron chi connectivity index (χ4n) is 2.30. The molecule has 1 aliphatic rings. The van der Waals surface area contributed by atoms with E-state index in [1.807, 2.05) is 20.8 Å². The number of halogens is 1. The highest BCUT2D eigenvalue weighted by atomic mass is 19.1. The second kappa shape index (κ2) is 7.81. The average Bonchev–Trinajstić information content (AvgIpc) is 2.72. The minimum atomic E-state index is -0.506. The topological polar surface area (TPSA) is 38.8 Å². The third kappa shape index (κ3) is 5.65. The predicted octanol–water partition coefficient (Wildman–Crippen LogP) is 3.40. The lowest BCUT2D eigenvalue weighted by Gasteiger charge is -2.24. The second-order valence-corrected chi connectivity index (χ2v) is 6.39. The number of likely N-dealkylation sites (tertiary alicyclic amines) is 1. The van der Waals surface area contributed by atoms with E-state index in [1.54, 1.807) is 4.90 Å². The fraction of sp³-hybridized carbons (Fsp3) is 0.933. The van der Waals surface area contributed by atoms with Gasteiger partial charge in [-0.1, -0.05) is 13.3 Å². The molecule has 118 valence electrons. The van der Waals surface area contributed by atoms with Crippen LogP contribution in [0.2, 0.25) is 0 Å². The molecule has 0 unspecified atom stereocenters. The van der Waals surface area contributed by atoms with Crippen LogP contribution in [0.1, 0.15) is 47.0 Å². The average molecular weight is 289 g/mol. The maximum absolute atomic E-state index is 12.6. The van der Waals surface area contributed by atoms with Gasteiger partial charge < -0.3 is 14.4 Å². The normalized spacial score (nSPS) is 23.1. The van der Waals surface area contributed by atoms with Gasteiger partial charge in [0.1, 0.15) is 5.60 Å². The first kappa shape index (κ1) is 17.2. The Kier molecular flexibility index (Phi) is 6.72. The van der Waals surface area contributed by atoms with Crippen molar-refractivity contribution >= 4 is 6.09 Å². The van der Waals surface area contributed by atoms with Gasteiger partial charge in [0.2, 0.25) is 0 Å². The third-order valence-corrected chi connectivity index (χ3v) is 3.34. The van der Waals surface area contributed by atoms with Gasteiger partial charge in [0.15, 0.2) is 0 Å². The summed E-state index contributed by atoms with van der Waals surface area (Å²) in [5, 5.41) is 0. The Hall–Kier alpha value is -0.840. The molecule has 4 nitrogen and oxygen atoms in total. The molecule has 5 heteroatoms. The Morgan fingerprint density at radius 2 is 2.05 bits per heavy atom. The highest BCUT2D eigenvalue weighted by Gasteiger charge is 2.37. The Labute approximate surface area is 121 Å². The molecular formula is C15H28FNO3. The van der Waals surface area contributed by atoms with E-state index in [-0.39, 0.29) is 24.8 Å². The van der Waals surface area contributed by atoms with Crippen molar-refractivity contribution in [2.45, 2.75) is 58.7 Å². The molecule has 1 heterocycles. The number of carbonyl (C=O) groups excluding carboxylic acids is 1. The fourth-order valence-corrected chi connectivity index (χ4v) is 2.30. The monoisotopic (exact) mass is 289 g/mol.